The topological polar surface area (TPSA) is 71.9 Å². The molecule has 28 heavy (non-hydrogen) atoms. The fraction of sp³-hybridized carbons (Fsp3) is 0.524. The van der Waals surface area contributed by atoms with Crippen LogP contribution in [-0.2, 0) is 14.3 Å². The first kappa shape index (κ1) is 20.6. The monoisotopic (exact) mass is 404 g/mol. The predicted molar refractivity (Wildman–Crippen MR) is 111 cm³/mol. The number of methoxy groups -OCH3 is 1. The summed E-state index contributed by atoms with van der Waals surface area (Å²) in [5, 5.41) is 13.1. The molecule has 0 radical (unpaired) electrons. The maximum absolute atomic E-state index is 12.5. The largest absolute Gasteiger partial charge is 0.507 e. The Balaban J connectivity index is 1.74. The van der Waals surface area contributed by atoms with Gasteiger partial charge >= 0.3 is 5.97 Å². The average Bonchev–Trinajstić information content (AvgIpc) is 3.12. The van der Waals surface area contributed by atoms with Gasteiger partial charge in [-0.05, 0) is 45.7 Å². The molecule has 2 aromatic rings. The highest BCUT2D eigenvalue weighted by atomic mass is 32.1. The van der Waals surface area contributed by atoms with Gasteiger partial charge in [0.1, 0.15) is 11.4 Å². The van der Waals surface area contributed by atoms with Crippen molar-refractivity contribution in [1.29, 1.82) is 0 Å². The Morgan fingerprint density at radius 2 is 2.11 bits per heavy atom. The van der Waals surface area contributed by atoms with Crippen LogP contribution in [-0.4, -0.2) is 48.0 Å². The van der Waals surface area contributed by atoms with Crippen molar-refractivity contribution < 1.29 is 19.4 Å². The molecule has 1 aliphatic heterocycles. The molecule has 2 atom stereocenters. The summed E-state index contributed by atoms with van der Waals surface area (Å²) >= 11 is 1.53. The first-order chi connectivity index (χ1) is 13.2. The molecule has 0 aliphatic carbocycles. The van der Waals surface area contributed by atoms with E-state index in [4.69, 9.17) is 14.5 Å². The summed E-state index contributed by atoms with van der Waals surface area (Å²) in [6.45, 7) is 8.78. The van der Waals surface area contributed by atoms with Gasteiger partial charge in [0.15, 0.2) is 5.13 Å². The van der Waals surface area contributed by atoms with Crippen LogP contribution in [0.15, 0.2) is 23.6 Å². The number of aromatic hydroxyl groups is 1. The van der Waals surface area contributed by atoms with Gasteiger partial charge < -0.3 is 19.5 Å². The molecule has 0 spiro atoms. The first-order valence-corrected chi connectivity index (χ1v) is 10.3. The van der Waals surface area contributed by atoms with Crippen LogP contribution in [0.25, 0.3) is 11.3 Å². The molecule has 2 heterocycles. The first-order valence-electron chi connectivity index (χ1n) is 9.44. The minimum absolute atomic E-state index is 0.205. The number of para-hydroxylation sites is 1. The fourth-order valence-corrected chi connectivity index (χ4v) is 4.24. The van der Waals surface area contributed by atoms with Crippen molar-refractivity contribution in [3.63, 3.8) is 0 Å². The van der Waals surface area contributed by atoms with E-state index in [1.807, 2.05) is 51.3 Å². The van der Waals surface area contributed by atoms with Crippen molar-refractivity contribution in [3.8, 4) is 17.0 Å². The molecule has 6 nitrogen and oxygen atoms in total. The number of benzene rings is 1. The summed E-state index contributed by atoms with van der Waals surface area (Å²) in [6, 6.07) is 5.65. The van der Waals surface area contributed by atoms with Crippen LogP contribution in [0.2, 0.25) is 0 Å². The van der Waals surface area contributed by atoms with Gasteiger partial charge in [0, 0.05) is 31.1 Å². The van der Waals surface area contributed by atoms with Crippen LogP contribution in [0.5, 0.6) is 5.75 Å². The maximum atomic E-state index is 12.5. The van der Waals surface area contributed by atoms with Crippen LogP contribution in [0.4, 0.5) is 5.13 Å². The predicted octanol–water partition coefficient (Wildman–Crippen LogP) is 4.01. The molecule has 3 rings (SSSR count). The Labute approximate surface area is 170 Å². The Morgan fingerprint density at radius 1 is 1.36 bits per heavy atom. The second-order valence-corrected chi connectivity index (χ2v) is 8.97. The van der Waals surface area contributed by atoms with Crippen LogP contribution in [0.3, 0.4) is 0 Å². The maximum Gasteiger partial charge on any atom is 0.312 e. The van der Waals surface area contributed by atoms with Gasteiger partial charge in [0.05, 0.1) is 17.7 Å². The minimum Gasteiger partial charge on any atom is -0.507 e. The number of aromatic nitrogens is 1. The summed E-state index contributed by atoms with van der Waals surface area (Å²) in [4.78, 5) is 19.4. The average molecular weight is 405 g/mol. The van der Waals surface area contributed by atoms with E-state index in [9.17, 15) is 9.90 Å². The zero-order valence-corrected chi connectivity index (χ0v) is 17.9. The zero-order valence-electron chi connectivity index (χ0n) is 17.1. The SMILES string of the molecule is CO[C@@H]1CN(c2nc(-c3cccc(C)c3O)cs2)CC[C@@H]1C(=O)OC(C)(C)C. The van der Waals surface area contributed by atoms with Gasteiger partial charge in [-0.15, -0.1) is 11.3 Å². The number of ether oxygens (including phenoxy) is 2. The quantitative estimate of drug-likeness (QED) is 0.777. The van der Waals surface area contributed by atoms with Gasteiger partial charge in [-0.25, -0.2) is 4.98 Å². The van der Waals surface area contributed by atoms with Crippen LogP contribution >= 0.6 is 11.3 Å². The molecule has 0 bridgehead atoms. The normalized spacial score (nSPS) is 20.2. The third-order valence-corrected chi connectivity index (χ3v) is 5.75. The molecule has 1 aliphatic rings. The molecule has 0 saturated carbocycles. The molecular formula is C21H28N2O4S. The number of hydrogen-bond donors (Lipinski definition) is 1. The van der Waals surface area contributed by atoms with E-state index in [0.717, 1.165) is 22.0 Å². The fourth-order valence-electron chi connectivity index (χ4n) is 3.38. The molecule has 1 N–H and O–H groups in total. The van der Waals surface area contributed by atoms with Crippen molar-refractivity contribution in [2.45, 2.75) is 45.8 Å². The smallest absolute Gasteiger partial charge is 0.312 e. The Morgan fingerprint density at radius 3 is 2.79 bits per heavy atom. The van der Waals surface area contributed by atoms with Gasteiger partial charge in [0.2, 0.25) is 0 Å². The highest BCUT2D eigenvalue weighted by molar-refractivity contribution is 7.14. The van der Waals surface area contributed by atoms with Gasteiger partial charge in [0.25, 0.3) is 0 Å². The number of aryl methyl sites for hydroxylation is 1. The van der Waals surface area contributed by atoms with Gasteiger partial charge in [-0.2, -0.15) is 0 Å². The standard InChI is InChI=1S/C21H28N2O4S/c1-13-7-6-8-14(18(13)24)16-12-28-20(22-16)23-10-9-15(17(11-23)26-5)19(25)27-21(2,3)4/h6-8,12,15,17,24H,9-11H2,1-5H3/t15-,17+/m0/s1. The lowest BCUT2D eigenvalue weighted by Crippen LogP contribution is -2.49. The number of rotatable bonds is 4. The Kier molecular flexibility index (Phi) is 5.95. The molecule has 1 saturated heterocycles. The summed E-state index contributed by atoms with van der Waals surface area (Å²) in [7, 11) is 1.63. The van der Waals surface area contributed by atoms with E-state index >= 15 is 0 Å². The van der Waals surface area contributed by atoms with Crippen molar-refractivity contribution in [1.82, 2.24) is 4.98 Å². The third-order valence-electron chi connectivity index (χ3n) is 4.85. The van der Waals surface area contributed by atoms with Crippen molar-refractivity contribution in [3.05, 3.63) is 29.1 Å². The molecule has 1 aromatic carbocycles. The summed E-state index contributed by atoms with van der Waals surface area (Å²) < 4.78 is 11.2. The lowest BCUT2D eigenvalue weighted by molar-refractivity contribution is -0.165. The summed E-state index contributed by atoms with van der Waals surface area (Å²) in [5.41, 5.74) is 1.80. The van der Waals surface area contributed by atoms with Crippen molar-refractivity contribution >= 4 is 22.4 Å². The van der Waals surface area contributed by atoms with Crippen LogP contribution in [0.1, 0.15) is 32.8 Å². The van der Waals surface area contributed by atoms with Crippen LogP contribution < -0.4 is 4.90 Å². The highest BCUT2D eigenvalue weighted by Crippen LogP contribution is 2.36. The minimum atomic E-state index is -0.507. The van der Waals surface area contributed by atoms with Crippen molar-refractivity contribution in [2.75, 3.05) is 25.1 Å². The molecule has 0 amide bonds. The number of carbonyl (C=O) groups is 1. The number of piperidine rings is 1. The van der Waals surface area contributed by atoms with Crippen molar-refractivity contribution in [2.24, 2.45) is 5.92 Å². The number of nitrogens with zero attached hydrogens (tertiary/aromatic N) is 2. The van der Waals surface area contributed by atoms with E-state index in [2.05, 4.69) is 4.90 Å². The van der Waals surface area contributed by atoms with E-state index in [1.54, 1.807) is 7.11 Å². The van der Waals surface area contributed by atoms with E-state index in [1.165, 1.54) is 11.3 Å². The molecule has 7 heteroatoms. The Bertz CT molecular complexity index is 843. The number of anilines is 1. The number of hydrogen-bond acceptors (Lipinski definition) is 7. The van der Waals surface area contributed by atoms with Crippen LogP contribution in [0, 0.1) is 12.8 Å². The third kappa shape index (κ3) is 4.47. The second-order valence-electron chi connectivity index (χ2n) is 8.14. The molecule has 152 valence electrons. The molecule has 1 aromatic heterocycles. The zero-order chi connectivity index (χ0) is 20.5. The number of phenolic OH excluding ortho intramolecular Hbond substituents is 1. The lowest BCUT2D eigenvalue weighted by Gasteiger charge is -2.37. The number of esters is 1. The lowest BCUT2D eigenvalue weighted by atomic mass is 9.93. The highest BCUT2D eigenvalue weighted by Gasteiger charge is 2.37. The summed E-state index contributed by atoms with van der Waals surface area (Å²) in [5.74, 6) is -0.220. The number of carbonyl (C=O) groups excluding carboxylic acids is 1. The van der Waals surface area contributed by atoms with E-state index in [-0.39, 0.29) is 23.7 Å². The molecule has 1 fully saturated rings. The van der Waals surface area contributed by atoms with E-state index in [0.29, 0.717) is 19.5 Å². The number of phenols is 1. The van der Waals surface area contributed by atoms with E-state index < -0.39 is 5.60 Å². The molecular weight excluding hydrogens is 376 g/mol. The van der Waals surface area contributed by atoms with Gasteiger partial charge in [-0.1, -0.05) is 12.1 Å². The molecule has 0 unspecified atom stereocenters. The van der Waals surface area contributed by atoms with Gasteiger partial charge in [-0.3, -0.25) is 4.79 Å². The summed E-state index contributed by atoms with van der Waals surface area (Å²) in [6.07, 6.45) is 0.404. The Hall–Kier alpha value is -2.12. The second kappa shape index (κ2) is 8.09. The number of thiazole rings is 1.